The van der Waals surface area contributed by atoms with Crippen molar-refractivity contribution in [2.45, 2.75) is 19.5 Å². The highest BCUT2D eigenvalue weighted by atomic mass is 16.5. The van der Waals surface area contributed by atoms with E-state index in [0.29, 0.717) is 5.88 Å². The highest BCUT2D eigenvalue weighted by Crippen LogP contribution is 2.21. The molecule has 0 radical (unpaired) electrons. The Morgan fingerprint density at radius 3 is 2.88 bits per heavy atom. The van der Waals surface area contributed by atoms with E-state index in [-0.39, 0.29) is 0 Å². The van der Waals surface area contributed by atoms with E-state index in [4.69, 9.17) is 10.3 Å². The minimum absolute atomic E-state index is 0.434. The van der Waals surface area contributed by atoms with Crippen molar-refractivity contribution in [3.05, 3.63) is 47.2 Å². The zero-order chi connectivity index (χ0) is 11.7. The van der Waals surface area contributed by atoms with Gasteiger partial charge < -0.3 is 10.3 Å². The number of benzene rings is 1. The van der Waals surface area contributed by atoms with Crippen molar-refractivity contribution < 1.29 is 4.52 Å². The highest BCUT2D eigenvalue weighted by Gasteiger charge is 2.17. The van der Waals surface area contributed by atoms with Crippen LogP contribution < -0.4 is 5.73 Å². The van der Waals surface area contributed by atoms with Gasteiger partial charge in [0.15, 0.2) is 0 Å². The molecule has 0 unspecified atom stereocenters. The number of nitrogens with zero attached hydrogens (tertiary/aromatic N) is 2. The van der Waals surface area contributed by atoms with Gasteiger partial charge in [0.05, 0.1) is 11.8 Å². The van der Waals surface area contributed by atoms with Crippen LogP contribution >= 0.6 is 0 Å². The van der Waals surface area contributed by atoms with E-state index < -0.39 is 0 Å². The summed E-state index contributed by atoms with van der Waals surface area (Å²) in [6.45, 7) is 2.84. The molecule has 0 amide bonds. The number of hydrogen-bond acceptors (Lipinski definition) is 4. The molecule has 1 aliphatic rings. The van der Waals surface area contributed by atoms with Gasteiger partial charge in [0.1, 0.15) is 0 Å². The van der Waals surface area contributed by atoms with E-state index in [0.717, 1.165) is 31.6 Å². The van der Waals surface area contributed by atoms with Gasteiger partial charge in [-0.3, -0.25) is 4.90 Å². The molecule has 3 rings (SSSR count). The number of rotatable bonds is 2. The summed E-state index contributed by atoms with van der Waals surface area (Å²) in [7, 11) is 0. The van der Waals surface area contributed by atoms with Crippen LogP contribution in [0.2, 0.25) is 0 Å². The van der Waals surface area contributed by atoms with Crippen LogP contribution in [0.25, 0.3) is 0 Å². The van der Waals surface area contributed by atoms with Crippen LogP contribution in [0.5, 0.6) is 0 Å². The van der Waals surface area contributed by atoms with Crippen molar-refractivity contribution >= 4 is 5.88 Å². The third-order valence-electron chi connectivity index (χ3n) is 3.28. The first-order valence-electron chi connectivity index (χ1n) is 5.81. The molecule has 1 aliphatic heterocycles. The maximum absolute atomic E-state index is 5.70. The molecular weight excluding hydrogens is 214 g/mol. The number of nitrogens with two attached hydrogens (primary N) is 1. The number of anilines is 1. The van der Waals surface area contributed by atoms with Crippen molar-refractivity contribution in [1.82, 2.24) is 10.1 Å². The molecule has 0 fully saturated rings. The van der Waals surface area contributed by atoms with E-state index in [1.807, 2.05) is 0 Å². The Morgan fingerprint density at radius 1 is 1.29 bits per heavy atom. The number of hydrogen-bond donors (Lipinski definition) is 1. The lowest BCUT2D eigenvalue weighted by Crippen LogP contribution is -2.30. The molecule has 0 saturated heterocycles. The molecule has 4 nitrogen and oxygen atoms in total. The van der Waals surface area contributed by atoms with Gasteiger partial charge in [-0.15, -0.1) is 0 Å². The van der Waals surface area contributed by atoms with Gasteiger partial charge in [0.2, 0.25) is 5.88 Å². The van der Waals surface area contributed by atoms with Gasteiger partial charge in [-0.25, -0.2) is 0 Å². The molecule has 0 bridgehead atoms. The highest BCUT2D eigenvalue weighted by molar-refractivity contribution is 5.34. The fourth-order valence-corrected chi connectivity index (χ4v) is 2.32. The first-order chi connectivity index (χ1) is 8.33. The van der Waals surface area contributed by atoms with Crippen LogP contribution in [-0.2, 0) is 19.5 Å². The Morgan fingerprint density at radius 2 is 2.12 bits per heavy atom. The first kappa shape index (κ1) is 10.4. The van der Waals surface area contributed by atoms with Crippen LogP contribution in [0.4, 0.5) is 5.88 Å². The monoisotopic (exact) mass is 229 g/mol. The summed E-state index contributed by atoms with van der Waals surface area (Å²) in [5, 5.41) is 3.70. The number of nitrogen functional groups attached to an aromatic ring is 1. The van der Waals surface area contributed by atoms with Crippen molar-refractivity contribution in [3.63, 3.8) is 0 Å². The number of aromatic nitrogens is 1. The molecule has 0 aliphatic carbocycles. The average Bonchev–Trinajstić information content (AvgIpc) is 2.75. The van der Waals surface area contributed by atoms with Gasteiger partial charge in [-0.05, 0) is 17.5 Å². The zero-order valence-electron chi connectivity index (χ0n) is 9.60. The fraction of sp³-hybridized carbons (Fsp3) is 0.308. The Balaban J connectivity index is 1.74. The van der Waals surface area contributed by atoms with E-state index in [2.05, 4.69) is 34.3 Å². The molecule has 17 heavy (non-hydrogen) atoms. The van der Waals surface area contributed by atoms with Gasteiger partial charge in [0.25, 0.3) is 0 Å². The molecule has 0 saturated carbocycles. The summed E-state index contributed by atoms with van der Waals surface area (Å²) in [5.74, 6) is 0.434. The number of fused-ring (bicyclic) bond motifs is 1. The van der Waals surface area contributed by atoms with E-state index in [1.165, 1.54) is 11.1 Å². The molecule has 1 aromatic heterocycles. The van der Waals surface area contributed by atoms with Gasteiger partial charge in [0, 0.05) is 19.6 Å². The van der Waals surface area contributed by atoms with E-state index in [9.17, 15) is 0 Å². The van der Waals surface area contributed by atoms with Crippen LogP contribution in [0.3, 0.4) is 0 Å². The van der Waals surface area contributed by atoms with Crippen LogP contribution in [-0.4, -0.2) is 16.6 Å². The van der Waals surface area contributed by atoms with Gasteiger partial charge in [-0.2, -0.15) is 0 Å². The second-order valence-corrected chi connectivity index (χ2v) is 4.44. The summed E-state index contributed by atoms with van der Waals surface area (Å²) >= 11 is 0. The standard InChI is InChI=1S/C13H15N3O/c14-13-12(7-15-17-13)9-16-6-5-10-3-1-2-4-11(10)8-16/h1-4,7H,5-6,8-9,14H2. The van der Waals surface area contributed by atoms with Crippen LogP contribution in [0, 0.1) is 0 Å². The Hall–Kier alpha value is -1.81. The summed E-state index contributed by atoms with van der Waals surface area (Å²) in [6, 6.07) is 8.60. The molecular formula is C13H15N3O. The summed E-state index contributed by atoms with van der Waals surface area (Å²) in [6.07, 6.45) is 2.80. The van der Waals surface area contributed by atoms with E-state index in [1.54, 1.807) is 6.20 Å². The van der Waals surface area contributed by atoms with Crippen molar-refractivity contribution in [2.75, 3.05) is 12.3 Å². The largest absolute Gasteiger partial charge is 0.367 e. The summed E-state index contributed by atoms with van der Waals surface area (Å²) < 4.78 is 4.88. The lowest BCUT2D eigenvalue weighted by Gasteiger charge is -2.28. The Bertz CT molecular complexity index is 521. The predicted molar refractivity (Wildman–Crippen MR) is 65.2 cm³/mol. The minimum atomic E-state index is 0.434. The second kappa shape index (κ2) is 4.22. The SMILES string of the molecule is Nc1oncc1CN1CCc2ccccc2C1. The quantitative estimate of drug-likeness (QED) is 0.853. The molecule has 1 aromatic carbocycles. The summed E-state index contributed by atoms with van der Waals surface area (Å²) in [4.78, 5) is 2.37. The third kappa shape index (κ3) is 2.03. The maximum Gasteiger partial charge on any atom is 0.226 e. The van der Waals surface area contributed by atoms with Crippen LogP contribution in [0.1, 0.15) is 16.7 Å². The fourth-order valence-electron chi connectivity index (χ4n) is 2.32. The second-order valence-electron chi connectivity index (χ2n) is 4.44. The molecule has 2 aromatic rings. The van der Waals surface area contributed by atoms with Gasteiger partial charge in [-0.1, -0.05) is 29.4 Å². The van der Waals surface area contributed by atoms with Crippen molar-refractivity contribution in [3.8, 4) is 0 Å². The molecule has 0 spiro atoms. The van der Waals surface area contributed by atoms with Crippen molar-refractivity contribution in [2.24, 2.45) is 0 Å². The normalized spacial score (nSPS) is 15.8. The minimum Gasteiger partial charge on any atom is -0.367 e. The lowest BCUT2D eigenvalue weighted by molar-refractivity contribution is 0.245. The third-order valence-corrected chi connectivity index (χ3v) is 3.28. The Labute approximate surface area is 100 Å². The molecule has 88 valence electrons. The molecule has 2 heterocycles. The lowest BCUT2D eigenvalue weighted by atomic mass is 10.00. The van der Waals surface area contributed by atoms with Crippen molar-refractivity contribution in [1.29, 1.82) is 0 Å². The average molecular weight is 229 g/mol. The van der Waals surface area contributed by atoms with E-state index >= 15 is 0 Å². The topological polar surface area (TPSA) is 55.3 Å². The molecule has 0 atom stereocenters. The van der Waals surface area contributed by atoms with Gasteiger partial charge >= 0.3 is 0 Å². The maximum atomic E-state index is 5.70. The smallest absolute Gasteiger partial charge is 0.226 e. The zero-order valence-corrected chi connectivity index (χ0v) is 9.60. The predicted octanol–water partition coefficient (Wildman–Crippen LogP) is 1.82. The molecule has 4 heteroatoms. The van der Waals surface area contributed by atoms with Crippen LogP contribution in [0.15, 0.2) is 35.0 Å². The molecule has 2 N–H and O–H groups in total. The first-order valence-corrected chi connectivity index (χ1v) is 5.81. The Kier molecular flexibility index (Phi) is 2.57. The summed E-state index contributed by atoms with van der Waals surface area (Å²) in [5.41, 5.74) is 9.54.